The molecule has 4 rings (SSSR count). The van der Waals surface area contributed by atoms with Crippen LogP contribution in [0.3, 0.4) is 0 Å². The normalized spacial score (nSPS) is 16.2. The zero-order valence-electron chi connectivity index (χ0n) is 16.3. The minimum atomic E-state index is 0.0976. The molecule has 2 heterocycles. The number of carbonyl (C=O) groups excluding carboxylic acids is 1. The Morgan fingerprint density at radius 1 is 1.11 bits per heavy atom. The number of carbonyl (C=O) groups is 1. The molecule has 1 fully saturated rings. The van der Waals surface area contributed by atoms with E-state index in [1.807, 2.05) is 36.9 Å². The molecule has 0 atom stereocenters. The Kier molecular flexibility index (Phi) is 5.17. The van der Waals surface area contributed by atoms with Crippen LogP contribution in [0.5, 0.6) is 11.5 Å². The third-order valence-electron chi connectivity index (χ3n) is 5.88. The monoisotopic (exact) mass is 364 g/mol. The van der Waals surface area contributed by atoms with Crippen molar-refractivity contribution in [2.75, 3.05) is 26.2 Å². The summed E-state index contributed by atoms with van der Waals surface area (Å²) in [6, 6.07) is 12.3. The lowest BCUT2D eigenvalue weighted by Crippen LogP contribution is -2.31. The van der Waals surface area contributed by atoms with Crippen molar-refractivity contribution in [1.29, 1.82) is 0 Å². The van der Waals surface area contributed by atoms with Gasteiger partial charge < -0.3 is 15.0 Å². The van der Waals surface area contributed by atoms with Crippen molar-refractivity contribution in [3.05, 3.63) is 58.7 Å². The minimum Gasteiger partial charge on any atom is -0.457 e. The highest BCUT2D eigenvalue weighted by atomic mass is 16.5. The number of piperidine rings is 1. The van der Waals surface area contributed by atoms with E-state index >= 15 is 0 Å². The standard InChI is InChI=1S/C23H28N2O2/c1-3-25(4-2)23(26)18-14-19(16-9-11-24-12-10-16)20-13-17-7-5-6-8-21(17)27-22(20)15-18/h5-8,14-16,24H,3-4,9-13H2,1-2H3. The quantitative estimate of drug-likeness (QED) is 0.749. The highest BCUT2D eigenvalue weighted by Crippen LogP contribution is 2.42. The summed E-state index contributed by atoms with van der Waals surface area (Å²) >= 11 is 0. The Morgan fingerprint density at radius 2 is 1.85 bits per heavy atom. The van der Waals surface area contributed by atoms with Crippen LogP contribution in [0.1, 0.15) is 59.7 Å². The number of nitrogens with zero attached hydrogens (tertiary/aromatic N) is 1. The molecule has 27 heavy (non-hydrogen) atoms. The molecule has 2 aliphatic heterocycles. The van der Waals surface area contributed by atoms with E-state index in [0.29, 0.717) is 5.92 Å². The van der Waals surface area contributed by atoms with Crippen molar-refractivity contribution in [1.82, 2.24) is 10.2 Å². The first-order valence-corrected chi connectivity index (χ1v) is 10.1. The predicted octanol–water partition coefficient (Wildman–Crippen LogP) is 4.33. The van der Waals surface area contributed by atoms with Crippen molar-refractivity contribution in [2.24, 2.45) is 0 Å². The number of hydrogen-bond acceptors (Lipinski definition) is 3. The molecule has 0 spiro atoms. The van der Waals surface area contributed by atoms with Crippen LogP contribution in [0.25, 0.3) is 0 Å². The average molecular weight is 364 g/mol. The van der Waals surface area contributed by atoms with Gasteiger partial charge in [0.1, 0.15) is 11.5 Å². The molecule has 142 valence electrons. The SMILES string of the molecule is CCN(CC)C(=O)c1cc2c(c(C3CCNCC3)c1)Cc1ccccc1O2. The van der Waals surface area contributed by atoms with E-state index in [-0.39, 0.29) is 5.91 Å². The number of ether oxygens (including phenoxy) is 1. The van der Waals surface area contributed by atoms with Gasteiger partial charge in [0.25, 0.3) is 5.91 Å². The maximum absolute atomic E-state index is 13.0. The van der Waals surface area contributed by atoms with Gasteiger partial charge in [-0.25, -0.2) is 0 Å². The highest BCUT2D eigenvalue weighted by molar-refractivity contribution is 5.95. The van der Waals surface area contributed by atoms with Crippen molar-refractivity contribution >= 4 is 5.91 Å². The van der Waals surface area contributed by atoms with Gasteiger partial charge in [0.2, 0.25) is 0 Å². The van der Waals surface area contributed by atoms with Crippen LogP contribution in [0.15, 0.2) is 36.4 Å². The van der Waals surface area contributed by atoms with E-state index in [4.69, 9.17) is 4.74 Å². The molecule has 4 heteroatoms. The third-order valence-corrected chi connectivity index (χ3v) is 5.88. The number of rotatable bonds is 4. The van der Waals surface area contributed by atoms with Gasteiger partial charge in [-0.05, 0) is 75.0 Å². The Labute approximate surface area is 161 Å². The molecule has 0 unspecified atom stereocenters. The van der Waals surface area contributed by atoms with E-state index in [1.54, 1.807) is 0 Å². The van der Waals surface area contributed by atoms with Gasteiger partial charge in [-0.3, -0.25) is 4.79 Å². The third kappa shape index (κ3) is 3.46. The molecule has 1 saturated heterocycles. The number of amides is 1. The van der Waals surface area contributed by atoms with Crippen LogP contribution in [0.2, 0.25) is 0 Å². The van der Waals surface area contributed by atoms with Gasteiger partial charge in [-0.2, -0.15) is 0 Å². The van der Waals surface area contributed by atoms with E-state index in [2.05, 4.69) is 23.5 Å². The van der Waals surface area contributed by atoms with E-state index in [1.165, 1.54) is 16.7 Å². The molecule has 1 N–H and O–H groups in total. The lowest BCUT2D eigenvalue weighted by atomic mass is 9.83. The van der Waals surface area contributed by atoms with E-state index in [9.17, 15) is 4.79 Å². The maximum atomic E-state index is 13.0. The first-order valence-electron chi connectivity index (χ1n) is 10.1. The molecule has 2 aliphatic rings. The molecular formula is C23H28N2O2. The zero-order valence-corrected chi connectivity index (χ0v) is 16.3. The van der Waals surface area contributed by atoms with Gasteiger partial charge >= 0.3 is 0 Å². The van der Waals surface area contributed by atoms with Gasteiger partial charge in [0, 0.05) is 30.6 Å². The summed E-state index contributed by atoms with van der Waals surface area (Å²) in [4.78, 5) is 14.9. The summed E-state index contributed by atoms with van der Waals surface area (Å²) in [6.07, 6.45) is 3.10. The topological polar surface area (TPSA) is 41.6 Å². The number of nitrogens with one attached hydrogen (secondary N) is 1. The van der Waals surface area contributed by atoms with Crippen molar-refractivity contribution < 1.29 is 9.53 Å². The zero-order chi connectivity index (χ0) is 18.8. The first kappa shape index (κ1) is 18.1. The van der Waals surface area contributed by atoms with Crippen LogP contribution < -0.4 is 10.1 Å². The van der Waals surface area contributed by atoms with Crippen molar-refractivity contribution in [3.63, 3.8) is 0 Å². The molecular weight excluding hydrogens is 336 g/mol. The summed E-state index contributed by atoms with van der Waals surface area (Å²) in [5.41, 5.74) is 4.55. The predicted molar refractivity (Wildman–Crippen MR) is 108 cm³/mol. The second kappa shape index (κ2) is 7.73. The largest absolute Gasteiger partial charge is 0.457 e. The molecule has 0 saturated carbocycles. The second-order valence-corrected chi connectivity index (χ2v) is 7.43. The fraction of sp³-hybridized carbons (Fsp3) is 0.435. The molecule has 0 bridgehead atoms. The molecule has 2 aromatic carbocycles. The highest BCUT2D eigenvalue weighted by Gasteiger charge is 2.27. The van der Waals surface area contributed by atoms with E-state index < -0.39 is 0 Å². The van der Waals surface area contributed by atoms with E-state index in [0.717, 1.165) is 62.5 Å². The molecule has 2 aromatic rings. The summed E-state index contributed by atoms with van der Waals surface area (Å²) < 4.78 is 6.26. The average Bonchev–Trinajstić information content (AvgIpc) is 2.73. The van der Waals surface area contributed by atoms with Gasteiger partial charge in [-0.15, -0.1) is 0 Å². The smallest absolute Gasteiger partial charge is 0.253 e. The number of benzene rings is 2. The number of hydrogen-bond donors (Lipinski definition) is 1. The van der Waals surface area contributed by atoms with Gasteiger partial charge in [-0.1, -0.05) is 18.2 Å². The Balaban J connectivity index is 1.79. The Hall–Kier alpha value is -2.33. The summed E-state index contributed by atoms with van der Waals surface area (Å²) in [5, 5.41) is 3.45. The van der Waals surface area contributed by atoms with Gasteiger partial charge in [0.15, 0.2) is 0 Å². The van der Waals surface area contributed by atoms with Crippen molar-refractivity contribution in [2.45, 2.75) is 39.0 Å². The fourth-order valence-electron chi connectivity index (χ4n) is 4.32. The second-order valence-electron chi connectivity index (χ2n) is 7.43. The van der Waals surface area contributed by atoms with Crippen LogP contribution in [0.4, 0.5) is 0 Å². The Morgan fingerprint density at radius 3 is 2.59 bits per heavy atom. The summed E-state index contributed by atoms with van der Waals surface area (Å²) in [7, 11) is 0. The number of fused-ring (bicyclic) bond motifs is 2. The number of para-hydroxylation sites is 1. The molecule has 0 aliphatic carbocycles. The first-order chi connectivity index (χ1) is 13.2. The molecule has 0 radical (unpaired) electrons. The summed E-state index contributed by atoms with van der Waals surface area (Å²) in [6.45, 7) is 7.56. The molecule has 0 aromatic heterocycles. The fourth-order valence-corrected chi connectivity index (χ4v) is 4.32. The molecule has 4 nitrogen and oxygen atoms in total. The van der Waals surface area contributed by atoms with Crippen molar-refractivity contribution in [3.8, 4) is 11.5 Å². The van der Waals surface area contributed by atoms with Crippen LogP contribution in [0, 0.1) is 0 Å². The van der Waals surface area contributed by atoms with Crippen LogP contribution >= 0.6 is 0 Å². The lowest BCUT2D eigenvalue weighted by molar-refractivity contribution is 0.0772. The van der Waals surface area contributed by atoms with Gasteiger partial charge in [0.05, 0.1) is 0 Å². The van der Waals surface area contributed by atoms with Crippen LogP contribution in [-0.2, 0) is 6.42 Å². The van der Waals surface area contributed by atoms with Crippen LogP contribution in [-0.4, -0.2) is 37.0 Å². The maximum Gasteiger partial charge on any atom is 0.253 e. The lowest BCUT2D eigenvalue weighted by Gasteiger charge is -2.30. The molecule has 1 amide bonds. The Bertz CT molecular complexity index is 836. The minimum absolute atomic E-state index is 0.0976. The summed E-state index contributed by atoms with van der Waals surface area (Å²) in [5.74, 6) is 2.35.